The van der Waals surface area contributed by atoms with Crippen LogP contribution in [0.15, 0.2) is 6.07 Å². The Labute approximate surface area is 101 Å². The molecule has 0 aliphatic carbocycles. The van der Waals surface area contributed by atoms with Gasteiger partial charge in [0, 0.05) is 6.07 Å². The number of hydrogen-bond donors (Lipinski definition) is 2. The van der Waals surface area contributed by atoms with Gasteiger partial charge in [0.05, 0.1) is 5.69 Å². The lowest BCUT2D eigenvalue weighted by Crippen LogP contribution is -2.28. The molecule has 1 heterocycles. The van der Waals surface area contributed by atoms with Gasteiger partial charge in [0.2, 0.25) is 5.88 Å². The first-order chi connectivity index (χ1) is 7.63. The summed E-state index contributed by atoms with van der Waals surface area (Å²) in [6.07, 6.45) is -0.695. The average molecular weight is 241 g/mol. The number of ether oxygens (including phenoxy) is 1. The fourth-order valence-corrected chi connectivity index (χ4v) is 1.55. The van der Waals surface area contributed by atoms with Crippen LogP contribution in [0.4, 0.5) is 4.79 Å². The summed E-state index contributed by atoms with van der Waals surface area (Å²) >= 11 is 0. The Kier molecular flexibility index (Phi) is 3.40. The van der Waals surface area contributed by atoms with Gasteiger partial charge in [-0.1, -0.05) is 13.8 Å². The second-order valence-corrected chi connectivity index (χ2v) is 5.24. The van der Waals surface area contributed by atoms with Crippen molar-refractivity contribution in [3.05, 3.63) is 11.8 Å². The first-order valence-electron chi connectivity index (χ1n) is 5.50. The van der Waals surface area contributed by atoms with Crippen molar-refractivity contribution in [1.29, 1.82) is 0 Å². The minimum Gasteiger partial charge on any atom is -0.506 e. The lowest BCUT2D eigenvalue weighted by molar-refractivity contribution is 0.0519. The molecule has 0 amide bonds. The van der Waals surface area contributed by atoms with Gasteiger partial charge in [-0.15, -0.1) is 0 Å². The maximum Gasteiger partial charge on any atom is 0.421 e. The summed E-state index contributed by atoms with van der Waals surface area (Å²) in [5, 5.41) is 19.3. The Hall–Kier alpha value is -1.65. The molecule has 2 N–H and O–H groups in total. The number of hydrogen-bond acceptors (Lipinski definition) is 4. The van der Waals surface area contributed by atoms with E-state index in [2.05, 4.69) is 0 Å². The SMILES string of the molecule is CC(C)c1c(O)cc(O)n1C(=O)OC(C)(C)C. The zero-order valence-corrected chi connectivity index (χ0v) is 10.8. The van der Waals surface area contributed by atoms with E-state index in [9.17, 15) is 15.0 Å². The summed E-state index contributed by atoms with van der Waals surface area (Å²) < 4.78 is 6.15. The van der Waals surface area contributed by atoms with Gasteiger partial charge in [0.25, 0.3) is 0 Å². The molecule has 0 saturated heterocycles. The monoisotopic (exact) mass is 241 g/mol. The summed E-state index contributed by atoms with van der Waals surface area (Å²) in [7, 11) is 0. The summed E-state index contributed by atoms with van der Waals surface area (Å²) in [6.45, 7) is 8.84. The smallest absolute Gasteiger partial charge is 0.421 e. The standard InChI is InChI=1S/C12H19NO4/c1-7(2)10-8(14)6-9(15)13(10)11(16)17-12(3,4)5/h6-7,14-15H,1-5H3. The van der Waals surface area contributed by atoms with E-state index in [-0.39, 0.29) is 17.5 Å². The predicted octanol–water partition coefficient (Wildman–Crippen LogP) is 2.81. The van der Waals surface area contributed by atoms with E-state index in [1.165, 1.54) is 0 Å². The Morgan fingerprint density at radius 1 is 1.35 bits per heavy atom. The second-order valence-electron chi connectivity index (χ2n) is 5.24. The molecule has 1 rings (SSSR count). The molecule has 0 radical (unpaired) electrons. The van der Waals surface area contributed by atoms with Gasteiger partial charge in [0.15, 0.2) is 0 Å². The largest absolute Gasteiger partial charge is 0.506 e. The van der Waals surface area contributed by atoms with E-state index in [4.69, 9.17) is 4.74 Å². The van der Waals surface area contributed by atoms with Crippen molar-refractivity contribution >= 4 is 6.09 Å². The molecule has 17 heavy (non-hydrogen) atoms. The lowest BCUT2D eigenvalue weighted by Gasteiger charge is -2.21. The Morgan fingerprint density at radius 2 is 1.88 bits per heavy atom. The third-order valence-electron chi connectivity index (χ3n) is 2.12. The zero-order valence-electron chi connectivity index (χ0n) is 10.8. The minimum atomic E-state index is -0.695. The molecule has 0 unspecified atom stereocenters. The van der Waals surface area contributed by atoms with Crippen molar-refractivity contribution in [3.63, 3.8) is 0 Å². The van der Waals surface area contributed by atoms with E-state index < -0.39 is 11.7 Å². The fourth-order valence-electron chi connectivity index (χ4n) is 1.55. The molecule has 5 heteroatoms. The van der Waals surface area contributed by atoms with Crippen LogP contribution in [0.25, 0.3) is 0 Å². The van der Waals surface area contributed by atoms with Crippen molar-refractivity contribution in [1.82, 2.24) is 4.57 Å². The molecule has 1 aromatic heterocycles. The first kappa shape index (κ1) is 13.4. The number of aromatic hydroxyl groups is 2. The maximum absolute atomic E-state index is 11.9. The predicted molar refractivity (Wildman–Crippen MR) is 63.5 cm³/mol. The number of carbonyl (C=O) groups excluding carboxylic acids is 1. The number of carbonyl (C=O) groups is 1. The molecule has 1 aromatic rings. The van der Waals surface area contributed by atoms with E-state index >= 15 is 0 Å². The summed E-state index contributed by atoms with van der Waals surface area (Å²) in [5.74, 6) is -0.535. The fraction of sp³-hybridized carbons (Fsp3) is 0.583. The van der Waals surface area contributed by atoms with Gasteiger partial charge in [-0.3, -0.25) is 0 Å². The Bertz CT molecular complexity index is 426. The molecule has 0 bridgehead atoms. The van der Waals surface area contributed by atoms with Crippen LogP contribution in [0.2, 0.25) is 0 Å². The Morgan fingerprint density at radius 3 is 2.29 bits per heavy atom. The van der Waals surface area contributed by atoms with Crippen LogP contribution in [-0.4, -0.2) is 26.5 Å². The summed E-state index contributed by atoms with van der Waals surface area (Å²) in [4.78, 5) is 11.9. The molecule has 0 saturated carbocycles. The van der Waals surface area contributed by atoms with E-state index in [0.29, 0.717) is 5.69 Å². The van der Waals surface area contributed by atoms with Crippen LogP contribution in [0.5, 0.6) is 11.6 Å². The van der Waals surface area contributed by atoms with Crippen molar-refractivity contribution in [2.75, 3.05) is 0 Å². The van der Waals surface area contributed by atoms with E-state index in [1.807, 2.05) is 13.8 Å². The quantitative estimate of drug-likeness (QED) is 0.793. The van der Waals surface area contributed by atoms with Crippen LogP contribution in [0.1, 0.15) is 46.2 Å². The second kappa shape index (κ2) is 4.31. The van der Waals surface area contributed by atoms with Crippen LogP contribution >= 0.6 is 0 Å². The van der Waals surface area contributed by atoms with Crippen molar-refractivity contribution < 1.29 is 19.7 Å². The van der Waals surface area contributed by atoms with Gasteiger partial charge < -0.3 is 14.9 Å². The molecular formula is C12H19NO4. The normalized spacial score (nSPS) is 11.9. The van der Waals surface area contributed by atoms with Crippen LogP contribution in [0.3, 0.4) is 0 Å². The highest BCUT2D eigenvalue weighted by molar-refractivity contribution is 5.75. The van der Waals surface area contributed by atoms with Crippen molar-refractivity contribution in [2.24, 2.45) is 0 Å². The van der Waals surface area contributed by atoms with Crippen molar-refractivity contribution in [3.8, 4) is 11.6 Å². The number of rotatable bonds is 1. The molecular weight excluding hydrogens is 222 g/mol. The number of aromatic nitrogens is 1. The zero-order chi connectivity index (χ0) is 13.4. The third-order valence-corrected chi connectivity index (χ3v) is 2.12. The Balaban J connectivity index is 3.17. The highest BCUT2D eigenvalue weighted by atomic mass is 16.6. The topological polar surface area (TPSA) is 71.7 Å². The average Bonchev–Trinajstić information content (AvgIpc) is 2.37. The summed E-state index contributed by atoms with van der Waals surface area (Å²) in [6, 6.07) is 1.14. The van der Waals surface area contributed by atoms with Gasteiger partial charge in [-0.05, 0) is 26.7 Å². The van der Waals surface area contributed by atoms with E-state index in [1.54, 1.807) is 20.8 Å². The van der Waals surface area contributed by atoms with Crippen LogP contribution in [0, 0.1) is 0 Å². The maximum atomic E-state index is 11.9. The van der Waals surface area contributed by atoms with E-state index in [0.717, 1.165) is 10.6 Å². The highest BCUT2D eigenvalue weighted by Gasteiger charge is 2.26. The molecule has 96 valence electrons. The van der Waals surface area contributed by atoms with Crippen LogP contribution in [-0.2, 0) is 4.74 Å². The number of nitrogens with zero attached hydrogens (tertiary/aromatic N) is 1. The summed E-state index contributed by atoms with van der Waals surface area (Å²) in [5.41, 5.74) is -0.311. The molecule has 5 nitrogen and oxygen atoms in total. The molecule has 0 aliphatic heterocycles. The van der Waals surface area contributed by atoms with Crippen LogP contribution < -0.4 is 0 Å². The molecule has 0 aliphatic rings. The van der Waals surface area contributed by atoms with Gasteiger partial charge in [-0.2, -0.15) is 0 Å². The molecule has 0 fully saturated rings. The van der Waals surface area contributed by atoms with Gasteiger partial charge >= 0.3 is 6.09 Å². The molecule has 0 aromatic carbocycles. The molecule has 0 atom stereocenters. The lowest BCUT2D eigenvalue weighted by atomic mass is 10.1. The van der Waals surface area contributed by atoms with Crippen molar-refractivity contribution in [2.45, 2.75) is 46.1 Å². The van der Waals surface area contributed by atoms with Gasteiger partial charge in [-0.25, -0.2) is 9.36 Å². The minimum absolute atomic E-state index is 0.108. The highest BCUT2D eigenvalue weighted by Crippen LogP contribution is 2.33. The van der Waals surface area contributed by atoms with Gasteiger partial charge in [0.1, 0.15) is 11.4 Å². The first-order valence-corrected chi connectivity index (χ1v) is 5.50. The third kappa shape index (κ3) is 2.93. The molecule has 0 spiro atoms.